The molecule has 3 fully saturated rings. The van der Waals surface area contributed by atoms with Crippen LogP contribution in [0.3, 0.4) is 0 Å². The molecule has 1 aliphatic heterocycles. The third-order valence-corrected chi connectivity index (χ3v) is 5.98. The van der Waals surface area contributed by atoms with Crippen molar-refractivity contribution in [3.63, 3.8) is 0 Å². The first-order chi connectivity index (χ1) is 12.3. The molecule has 2 heterocycles. The zero-order chi connectivity index (χ0) is 18.5. The summed E-state index contributed by atoms with van der Waals surface area (Å²) in [5.41, 5.74) is 0.478. The fourth-order valence-electron chi connectivity index (χ4n) is 4.27. The van der Waals surface area contributed by atoms with E-state index in [9.17, 15) is 18.0 Å². The van der Waals surface area contributed by atoms with Crippen LogP contribution in [-0.4, -0.2) is 64.2 Å². The zero-order valence-corrected chi connectivity index (χ0v) is 15.0. The van der Waals surface area contributed by atoms with Gasteiger partial charge in [-0.15, -0.1) is 0 Å². The van der Waals surface area contributed by atoms with E-state index >= 15 is 0 Å². The maximum atomic E-state index is 12.8. The second-order valence-corrected chi connectivity index (χ2v) is 8.19. The number of aryl methyl sites for hydroxylation is 1. The first kappa shape index (κ1) is 17.8. The lowest BCUT2D eigenvalue weighted by atomic mass is 10.2. The van der Waals surface area contributed by atoms with Gasteiger partial charge in [0.15, 0.2) is 0 Å². The Morgan fingerprint density at radius 2 is 1.96 bits per heavy atom. The number of aromatic nitrogens is 2. The van der Waals surface area contributed by atoms with Crippen LogP contribution in [-0.2, 0) is 7.05 Å². The van der Waals surface area contributed by atoms with Crippen molar-refractivity contribution in [2.45, 2.75) is 25.4 Å². The van der Waals surface area contributed by atoms with Crippen LogP contribution in [0.4, 0.5) is 13.2 Å². The van der Waals surface area contributed by atoms with E-state index in [4.69, 9.17) is 0 Å². The summed E-state index contributed by atoms with van der Waals surface area (Å²) < 4.78 is 38.9. The molecule has 1 saturated heterocycles. The van der Waals surface area contributed by atoms with Crippen molar-refractivity contribution in [1.82, 2.24) is 19.4 Å². The average molecular weight is 370 g/mol. The molecule has 4 rings (SSSR count). The number of likely N-dealkylation sites (tertiary alicyclic amines) is 1. The minimum atomic E-state index is -4.08. The van der Waals surface area contributed by atoms with Crippen LogP contribution in [0.2, 0.25) is 0 Å². The number of halogens is 3. The molecule has 2 saturated carbocycles. The number of fused-ring (bicyclic) bond motifs is 1. The molecule has 0 radical (unpaired) electrons. The molecule has 1 amide bonds. The molecule has 144 valence electrons. The molecule has 1 aromatic heterocycles. The van der Waals surface area contributed by atoms with E-state index in [1.807, 2.05) is 16.8 Å². The molecule has 5 nitrogen and oxygen atoms in total. The Morgan fingerprint density at radius 1 is 1.27 bits per heavy atom. The summed E-state index contributed by atoms with van der Waals surface area (Å²) in [6.45, 7) is 3.07. The fraction of sp³-hybridized carbons (Fsp3) is 0.778. The number of alkyl halides is 3. The molecular formula is C18H25F3N4O. The zero-order valence-electron chi connectivity index (χ0n) is 15.0. The average Bonchev–Trinajstić information content (AvgIpc) is 3.39. The monoisotopic (exact) mass is 370 g/mol. The quantitative estimate of drug-likeness (QED) is 0.740. The van der Waals surface area contributed by atoms with Gasteiger partial charge >= 0.3 is 6.18 Å². The molecule has 2 aliphatic carbocycles. The van der Waals surface area contributed by atoms with Crippen LogP contribution in [0, 0.1) is 23.7 Å². The molecule has 8 heteroatoms. The van der Waals surface area contributed by atoms with E-state index in [1.165, 1.54) is 12.8 Å². The summed E-state index contributed by atoms with van der Waals surface area (Å²) in [6, 6.07) is 0. The fourth-order valence-corrected chi connectivity index (χ4v) is 4.27. The Balaban J connectivity index is 1.30. The van der Waals surface area contributed by atoms with Gasteiger partial charge in [-0.2, -0.15) is 13.2 Å². The van der Waals surface area contributed by atoms with E-state index in [2.05, 4.69) is 4.98 Å². The van der Waals surface area contributed by atoms with E-state index in [1.54, 1.807) is 17.1 Å². The van der Waals surface area contributed by atoms with Crippen LogP contribution in [0.15, 0.2) is 12.5 Å². The maximum absolute atomic E-state index is 12.8. The molecule has 0 bridgehead atoms. The minimum Gasteiger partial charge on any atom is -0.340 e. The number of piperidine rings is 1. The second kappa shape index (κ2) is 6.55. The third-order valence-electron chi connectivity index (χ3n) is 5.98. The van der Waals surface area contributed by atoms with Gasteiger partial charge in [0.25, 0.3) is 5.91 Å². The van der Waals surface area contributed by atoms with Gasteiger partial charge in [-0.05, 0) is 36.5 Å². The standard InChI is InChI=1S/C18H25F3N4O/c1-23-10-16(22-11-23)17(26)25(6-12-2-3-12)9-15-13-7-24(8-14(13)15)5-4-18(19,20)21/h10-15H,2-9H2,1H3. The number of nitrogens with zero attached hydrogens (tertiary/aromatic N) is 4. The van der Waals surface area contributed by atoms with Crippen molar-refractivity contribution < 1.29 is 18.0 Å². The smallest absolute Gasteiger partial charge is 0.340 e. The van der Waals surface area contributed by atoms with Crippen LogP contribution >= 0.6 is 0 Å². The highest BCUT2D eigenvalue weighted by atomic mass is 19.4. The van der Waals surface area contributed by atoms with Gasteiger partial charge in [0.1, 0.15) is 5.69 Å². The van der Waals surface area contributed by atoms with E-state index < -0.39 is 12.6 Å². The number of amides is 1. The Bertz CT molecular complexity index is 658. The predicted octanol–water partition coefficient (Wildman–Crippen LogP) is 2.40. The summed E-state index contributed by atoms with van der Waals surface area (Å²) in [5.74, 6) is 1.91. The minimum absolute atomic E-state index is 0.0172. The highest BCUT2D eigenvalue weighted by molar-refractivity contribution is 5.92. The molecule has 3 aliphatic rings. The molecule has 1 aromatic rings. The highest BCUT2D eigenvalue weighted by Gasteiger charge is 2.56. The summed E-state index contributed by atoms with van der Waals surface area (Å²) in [4.78, 5) is 20.8. The van der Waals surface area contributed by atoms with Gasteiger partial charge in [-0.3, -0.25) is 4.79 Å². The maximum Gasteiger partial charge on any atom is 0.390 e. The van der Waals surface area contributed by atoms with Crippen molar-refractivity contribution in [1.29, 1.82) is 0 Å². The Labute approximate surface area is 151 Å². The molecule has 26 heavy (non-hydrogen) atoms. The van der Waals surface area contributed by atoms with Gasteiger partial charge in [0, 0.05) is 46.0 Å². The number of carbonyl (C=O) groups is 1. The Hall–Kier alpha value is -1.57. The number of imidazole rings is 1. The Kier molecular flexibility index (Phi) is 4.49. The van der Waals surface area contributed by atoms with Gasteiger partial charge in [-0.25, -0.2) is 4.98 Å². The SMILES string of the molecule is Cn1cnc(C(=O)N(CC2CC2)CC2C3CN(CCC(F)(F)F)CC32)c1. The van der Waals surface area contributed by atoms with Gasteiger partial charge in [0.2, 0.25) is 0 Å². The van der Waals surface area contributed by atoms with Crippen molar-refractivity contribution in [3.05, 3.63) is 18.2 Å². The van der Waals surface area contributed by atoms with Crippen LogP contribution in [0.1, 0.15) is 29.8 Å². The van der Waals surface area contributed by atoms with Crippen molar-refractivity contribution in [2.75, 3.05) is 32.7 Å². The van der Waals surface area contributed by atoms with Crippen molar-refractivity contribution >= 4 is 5.91 Å². The van der Waals surface area contributed by atoms with Gasteiger partial charge in [-0.1, -0.05) is 0 Å². The lowest BCUT2D eigenvalue weighted by Crippen LogP contribution is -2.37. The lowest BCUT2D eigenvalue weighted by molar-refractivity contribution is -0.137. The van der Waals surface area contributed by atoms with E-state index in [0.717, 1.165) is 19.6 Å². The second-order valence-electron chi connectivity index (χ2n) is 8.19. The predicted molar refractivity (Wildman–Crippen MR) is 89.4 cm³/mol. The molecule has 2 unspecified atom stereocenters. The summed E-state index contributed by atoms with van der Waals surface area (Å²) in [6.07, 6.45) is 0.913. The van der Waals surface area contributed by atoms with Gasteiger partial charge < -0.3 is 14.4 Å². The molecule has 0 spiro atoms. The summed E-state index contributed by atoms with van der Waals surface area (Å²) in [7, 11) is 1.84. The highest BCUT2D eigenvalue weighted by Crippen LogP contribution is 2.52. The topological polar surface area (TPSA) is 41.4 Å². The normalized spacial score (nSPS) is 28.2. The number of carbonyl (C=O) groups excluding carboxylic acids is 1. The van der Waals surface area contributed by atoms with E-state index in [-0.39, 0.29) is 12.5 Å². The molecule has 0 aromatic carbocycles. The number of rotatable bonds is 7. The Morgan fingerprint density at radius 3 is 2.50 bits per heavy atom. The van der Waals surface area contributed by atoms with Crippen LogP contribution in [0.5, 0.6) is 0 Å². The van der Waals surface area contributed by atoms with Gasteiger partial charge in [0.05, 0.1) is 12.7 Å². The largest absolute Gasteiger partial charge is 0.390 e. The summed E-state index contributed by atoms with van der Waals surface area (Å²) >= 11 is 0. The third kappa shape index (κ3) is 4.05. The summed E-state index contributed by atoms with van der Waals surface area (Å²) in [5, 5.41) is 0. The first-order valence-electron chi connectivity index (χ1n) is 9.36. The van der Waals surface area contributed by atoms with Crippen molar-refractivity contribution in [2.24, 2.45) is 30.7 Å². The molecule has 2 atom stereocenters. The van der Waals surface area contributed by atoms with Crippen LogP contribution < -0.4 is 0 Å². The van der Waals surface area contributed by atoms with Crippen molar-refractivity contribution in [3.8, 4) is 0 Å². The van der Waals surface area contributed by atoms with E-state index in [0.29, 0.717) is 35.9 Å². The number of hydrogen-bond donors (Lipinski definition) is 0. The van der Waals surface area contributed by atoms with Crippen LogP contribution in [0.25, 0.3) is 0 Å². The molecule has 0 N–H and O–H groups in total. The first-order valence-corrected chi connectivity index (χ1v) is 9.36. The molecular weight excluding hydrogens is 345 g/mol. The lowest BCUT2D eigenvalue weighted by Gasteiger charge is -2.25. The number of hydrogen-bond acceptors (Lipinski definition) is 3.